The van der Waals surface area contributed by atoms with Crippen molar-refractivity contribution in [3.63, 3.8) is 0 Å². The number of hydrogen-bond acceptors (Lipinski definition) is 4. The molecule has 0 bridgehead atoms. The van der Waals surface area contributed by atoms with Crippen molar-refractivity contribution in [2.24, 2.45) is 0 Å². The Kier molecular flexibility index (Phi) is 3.17. The first-order valence-corrected chi connectivity index (χ1v) is 4.01. The van der Waals surface area contributed by atoms with Gasteiger partial charge in [-0.05, 0) is 18.2 Å². The number of benzene rings is 1. The first kappa shape index (κ1) is 10.9. The lowest BCUT2D eigenvalue weighted by Crippen LogP contribution is -2.06. The number of aromatic carboxylic acids is 1. The second kappa shape index (κ2) is 4.36. The SMILES string of the molecule is COC(=O)c1ccc(C(=O)O)c(C=O)c1. The molecule has 15 heavy (non-hydrogen) atoms. The molecule has 0 saturated heterocycles. The van der Waals surface area contributed by atoms with Gasteiger partial charge in [0.2, 0.25) is 0 Å². The normalized spacial score (nSPS) is 9.40. The van der Waals surface area contributed by atoms with Gasteiger partial charge in [0.1, 0.15) is 0 Å². The number of carbonyl (C=O) groups is 3. The van der Waals surface area contributed by atoms with E-state index in [1.165, 1.54) is 25.3 Å². The first-order valence-electron chi connectivity index (χ1n) is 4.01. The Labute approximate surface area is 85.3 Å². The number of methoxy groups -OCH3 is 1. The van der Waals surface area contributed by atoms with Gasteiger partial charge in [0.25, 0.3) is 0 Å². The quantitative estimate of drug-likeness (QED) is 0.591. The van der Waals surface area contributed by atoms with Gasteiger partial charge in [0.15, 0.2) is 6.29 Å². The summed E-state index contributed by atoms with van der Waals surface area (Å²) < 4.78 is 4.43. The maximum atomic E-state index is 11.1. The standard InChI is InChI=1S/C10H8O5/c1-15-10(14)6-2-3-8(9(12)13)7(4-6)5-11/h2-5H,1H3,(H,12,13). The smallest absolute Gasteiger partial charge is 0.337 e. The number of aldehydes is 1. The average Bonchev–Trinajstić information content (AvgIpc) is 2.26. The van der Waals surface area contributed by atoms with Crippen molar-refractivity contribution in [2.45, 2.75) is 0 Å². The maximum absolute atomic E-state index is 11.1. The molecule has 0 aliphatic carbocycles. The summed E-state index contributed by atoms with van der Waals surface area (Å²) in [7, 11) is 1.20. The fraction of sp³-hybridized carbons (Fsp3) is 0.100. The van der Waals surface area contributed by atoms with Crippen molar-refractivity contribution in [3.05, 3.63) is 34.9 Å². The highest BCUT2D eigenvalue weighted by atomic mass is 16.5. The molecule has 5 nitrogen and oxygen atoms in total. The lowest BCUT2D eigenvalue weighted by Gasteiger charge is -2.02. The summed E-state index contributed by atoms with van der Waals surface area (Å²) in [4.78, 5) is 32.3. The third kappa shape index (κ3) is 2.19. The molecule has 0 aliphatic rings. The van der Waals surface area contributed by atoms with Crippen molar-refractivity contribution in [3.8, 4) is 0 Å². The molecule has 1 rings (SSSR count). The molecular weight excluding hydrogens is 200 g/mol. The van der Waals surface area contributed by atoms with E-state index in [1.807, 2.05) is 0 Å². The molecule has 5 heteroatoms. The number of carbonyl (C=O) groups excluding carboxylic acids is 2. The van der Waals surface area contributed by atoms with Crippen LogP contribution in [0.2, 0.25) is 0 Å². The van der Waals surface area contributed by atoms with Crippen molar-refractivity contribution in [2.75, 3.05) is 7.11 Å². The number of rotatable bonds is 3. The van der Waals surface area contributed by atoms with Crippen LogP contribution in [0.15, 0.2) is 18.2 Å². The van der Waals surface area contributed by atoms with Crippen LogP contribution in [0.25, 0.3) is 0 Å². The highest BCUT2D eigenvalue weighted by Crippen LogP contribution is 2.11. The van der Waals surface area contributed by atoms with Crippen LogP contribution in [-0.2, 0) is 4.74 Å². The van der Waals surface area contributed by atoms with Crippen LogP contribution in [0.5, 0.6) is 0 Å². The third-order valence-corrected chi connectivity index (χ3v) is 1.83. The van der Waals surface area contributed by atoms with Crippen LogP contribution in [-0.4, -0.2) is 30.4 Å². The molecule has 1 aromatic carbocycles. The average molecular weight is 208 g/mol. The fourth-order valence-electron chi connectivity index (χ4n) is 1.10. The molecule has 0 aromatic heterocycles. The summed E-state index contributed by atoms with van der Waals surface area (Å²) in [6, 6.07) is 3.67. The van der Waals surface area contributed by atoms with Crippen molar-refractivity contribution in [1.82, 2.24) is 0 Å². The van der Waals surface area contributed by atoms with E-state index in [0.29, 0.717) is 6.29 Å². The van der Waals surface area contributed by atoms with Gasteiger partial charge in [-0.2, -0.15) is 0 Å². The molecule has 1 N–H and O–H groups in total. The van der Waals surface area contributed by atoms with Crippen LogP contribution < -0.4 is 0 Å². The number of carboxylic acids is 1. The zero-order valence-corrected chi connectivity index (χ0v) is 7.89. The third-order valence-electron chi connectivity index (χ3n) is 1.83. The Hall–Kier alpha value is -2.17. The largest absolute Gasteiger partial charge is 0.478 e. The minimum atomic E-state index is -1.21. The summed E-state index contributed by atoms with van der Waals surface area (Å²) in [5, 5.41) is 8.71. The highest BCUT2D eigenvalue weighted by Gasteiger charge is 2.13. The van der Waals surface area contributed by atoms with Gasteiger partial charge >= 0.3 is 11.9 Å². The number of hydrogen-bond donors (Lipinski definition) is 1. The first-order chi connectivity index (χ1) is 7.10. The van der Waals surface area contributed by atoms with Crippen LogP contribution in [0, 0.1) is 0 Å². The maximum Gasteiger partial charge on any atom is 0.337 e. The van der Waals surface area contributed by atoms with E-state index in [-0.39, 0.29) is 16.7 Å². The summed E-state index contributed by atoms with van der Waals surface area (Å²) in [6.45, 7) is 0. The van der Waals surface area contributed by atoms with E-state index in [1.54, 1.807) is 0 Å². The van der Waals surface area contributed by atoms with E-state index in [2.05, 4.69) is 4.74 Å². The van der Waals surface area contributed by atoms with E-state index in [9.17, 15) is 14.4 Å². The van der Waals surface area contributed by atoms with Crippen molar-refractivity contribution < 1.29 is 24.2 Å². The van der Waals surface area contributed by atoms with Gasteiger partial charge in [-0.25, -0.2) is 9.59 Å². The molecule has 0 spiro atoms. The monoisotopic (exact) mass is 208 g/mol. The molecule has 0 fully saturated rings. The predicted molar refractivity (Wildman–Crippen MR) is 50.1 cm³/mol. The van der Waals surface area contributed by atoms with Crippen molar-refractivity contribution >= 4 is 18.2 Å². The molecule has 0 amide bonds. The second-order valence-electron chi connectivity index (χ2n) is 2.72. The fourth-order valence-corrected chi connectivity index (χ4v) is 1.10. The summed E-state index contributed by atoms with van der Waals surface area (Å²) in [5.74, 6) is -1.83. The molecule has 0 aliphatic heterocycles. The zero-order chi connectivity index (χ0) is 11.4. The van der Waals surface area contributed by atoms with Crippen LogP contribution in [0.4, 0.5) is 0 Å². The number of esters is 1. The van der Waals surface area contributed by atoms with Gasteiger partial charge in [-0.3, -0.25) is 4.79 Å². The Morgan fingerprint density at radius 3 is 2.53 bits per heavy atom. The molecule has 0 saturated carbocycles. The van der Waals surface area contributed by atoms with Gasteiger partial charge < -0.3 is 9.84 Å². The highest BCUT2D eigenvalue weighted by molar-refractivity contribution is 6.00. The molecule has 1 aromatic rings. The Bertz CT molecular complexity index is 422. The zero-order valence-electron chi connectivity index (χ0n) is 7.89. The molecule has 78 valence electrons. The number of ether oxygens (including phenoxy) is 1. The van der Waals surface area contributed by atoms with Crippen molar-refractivity contribution in [1.29, 1.82) is 0 Å². The summed E-state index contributed by atoms with van der Waals surface area (Å²) in [6.07, 6.45) is 0.385. The molecule has 0 heterocycles. The van der Waals surface area contributed by atoms with E-state index in [0.717, 1.165) is 0 Å². The summed E-state index contributed by atoms with van der Waals surface area (Å²) >= 11 is 0. The molecule has 0 radical (unpaired) electrons. The summed E-state index contributed by atoms with van der Waals surface area (Å²) in [5.41, 5.74) is -0.0485. The number of carboxylic acid groups (broad SMARTS) is 1. The van der Waals surface area contributed by atoms with E-state index in [4.69, 9.17) is 5.11 Å². The van der Waals surface area contributed by atoms with Gasteiger partial charge in [-0.1, -0.05) is 0 Å². The van der Waals surface area contributed by atoms with Crippen LogP contribution >= 0.6 is 0 Å². The van der Waals surface area contributed by atoms with Crippen LogP contribution in [0.1, 0.15) is 31.1 Å². The Balaban J connectivity index is 3.24. The molecular formula is C10H8O5. The lowest BCUT2D eigenvalue weighted by atomic mass is 10.1. The minimum Gasteiger partial charge on any atom is -0.478 e. The van der Waals surface area contributed by atoms with Gasteiger partial charge in [0, 0.05) is 5.56 Å². The van der Waals surface area contributed by atoms with E-state index < -0.39 is 11.9 Å². The topological polar surface area (TPSA) is 80.7 Å². The molecule has 0 unspecified atom stereocenters. The Morgan fingerprint density at radius 2 is 2.07 bits per heavy atom. The predicted octanol–water partition coefficient (Wildman–Crippen LogP) is 0.984. The second-order valence-corrected chi connectivity index (χ2v) is 2.72. The van der Waals surface area contributed by atoms with Crippen LogP contribution in [0.3, 0.4) is 0 Å². The van der Waals surface area contributed by atoms with E-state index >= 15 is 0 Å². The van der Waals surface area contributed by atoms with Gasteiger partial charge in [0.05, 0.1) is 18.2 Å². The molecule has 0 atom stereocenters. The lowest BCUT2D eigenvalue weighted by molar-refractivity contribution is 0.0598. The minimum absolute atomic E-state index is 0.0506. The Morgan fingerprint density at radius 1 is 1.40 bits per heavy atom. The van der Waals surface area contributed by atoms with Gasteiger partial charge in [-0.15, -0.1) is 0 Å².